The zero-order valence-electron chi connectivity index (χ0n) is 6.13. The van der Waals surface area contributed by atoms with Crippen LogP contribution in [0.5, 0.6) is 0 Å². The van der Waals surface area contributed by atoms with Gasteiger partial charge < -0.3 is 9.94 Å². The van der Waals surface area contributed by atoms with Crippen LogP contribution in [0.15, 0.2) is 0 Å². The van der Waals surface area contributed by atoms with Crippen LogP contribution in [-0.4, -0.2) is 36.6 Å². The Labute approximate surface area is 56.2 Å². The molecule has 0 aromatic carbocycles. The van der Waals surface area contributed by atoms with E-state index in [0.717, 1.165) is 6.61 Å². The molecule has 0 saturated carbocycles. The molecule has 0 aliphatic carbocycles. The molecule has 0 radical (unpaired) electrons. The van der Waals surface area contributed by atoms with Crippen LogP contribution in [-0.2, 0) is 4.74 Å². The Kier molecular flexibility index (Phi) is 5.93. The predicted octanol–water partition coefficient (Wildman–Crippen LogP) is 0.734. The third kappa shape index (κ3) is 5.76. The third-order valence-corrected chi connectivity index (χ3v) is 1.06. The van der Waals surface area contributed by atoms with E-state index in [1.54, 1.807) is 0 Å². The number of hydroxylamine groups is 2. The molecule has 0 aromatic heterocycles. The lowest BCUT2D eigenvalue weighted by Crippen LogP contribution is -2.23. The molecule has 0 bridgehead atoms. The minimum absolute atomic E-state index is 0.602. The van der Waals surface area contributed by atoms with E-state index in [4.69, 9.17) is 9.94 Å². The van der Waals surface area contributed by atoms with Crippen LogP contribution in [0.3, 0.4) is 0 Å². The van der Waals surface area contributed by atoms with Crippen molar-refractivity contribution in [1.29, 1.82) is 0 Å². The second-order valence-corrected chi connectivity index (χ2v) is 1.74. The summed E-state index contributed by atoms with van der Waals surface area (Å²) in [4.78, 5) is 0. The van der Waals surface area contributed by atoms with Crippen molar-refractivity contribution in [1.82, 2.24) is 5.06 Å². The Balaban J connectivity index is 2.88. The van der Waals surface area contributed by atoms with Gasteiger partial charge in [-0.15, -0.1) is 0 Å². The van der Waals surface area contributed by atoms with Crippen molar-refractivity contribution < 1.29 is 9.94 Å². The Morgan fingerprint density at radius 3 is 2.56 bits per heavy atom. The standard InChI is InChI=1S/C6H15NO2/c1-3-7(8)5-6-9-4-2/h8H,3-6H2,1-2H3. The van der Waals surface area contributed by atoms with Crippen molar-refractivity contribution in [3.05, 3.63) is 0 Å². The SMILES string of the molecule is CCOCCN(O)CC. The maximum Gasteiger partial charge on any atom is 0.0616 e. The highest BCUT2D eigenvalue weighted by molar-refractivity contribution is 4.37. The number of nitrogens with zero attached hydrogens (tertiary/aromatic N) is 1. The van der Waals surface area contributed by atoms with Crippen LogP contribution in [0.25, 0.3) is 0 Å². The molecule has 56 valence electrons. The van der Waals surface area contributed by atoms with Gasteiger partial charge in [-0.05, 0) is 6.92 Å². The molecule has 9 heavy (non-hydrogen) atoms. The fourth-order valence-corrected chi connectivity index (χ4v) is 0.472. The number of likely N-dealkylation sites (N-methyl/N-ethyl adjacent to an activating group) is 1. The molecule has 0 saturated heterocycles. The maximum absolute atomic E-state index is 8.84. The molecule has 0 amide bonds. The van der Waals surface area contributed by atoms with E-state index in [0.29, 0.717) is 19.7 Å². The van der Waals surface area contributed by atoms with Crippen molar-refractivity contribution in [2.24, 2.45) is 0 Å². The highest BCUT2D eigenvalue weighted by Gasteiger charge is 1.93. The van der Waals surface area contributed by atoms with E-state index in [2.05, 4.69) is 0 Å². The van der Waals surface area contributed by atoms with Crippen molar-refractivity contribution in [2.75, 3.05) is 26.3 Å². The third-order valence-electron chi connectivity index (χ3n) is 1.06. The van der Waals surface area contributed by atoms with E-state index < -0.39 is 0 Å². The van der Waals surface area contributed by atoms with E-state index >= 15 is 0 Å². The van der Waals surface area contributed by atoms with Gasteiger partial charge in [0, 0.05) is 19.7 Å². The molecule has 1 N–H and O–H groups in total. The van der Waals surface area contributed by atoms with Crippen LogP contribution >= 0.6 is 0 Å². The lowest BCUT2D eigenvalue weighted by Gasteiger charge is -2.10. The fourth-order valence-electron chi connectivity index (χ4n) is 0.472. The summed E-state index contributed by atoms with van der Waals surface area (Å²) in [6, 6.07) is 0. The lowest BCUT2D eigenvalue weighted by molar-refractivity contribution is -0.0990. The minimum Gasteiger partial charge on any atom is -0.380 e. The van der Waals surface area contributed by atoms with Gasteiger partial charge in [0.05, 0.1) is 6.61 Å². The van der Waals surface area contributed by atoms with Gasteiger partial charge in [-0.1, -0.05) is 6.92 Å². The van der Waals surface area contributed by atoms with Gasteiger partial charge in [-0.2, -0.15) is 5.06 Å². The predicted molar refractivity (Wildman–Crippen MR) is 35.5 cm³/mol. The minimum atomic E-state index is 0.602. The highest BCUT2D eigenvalue weighted by atomic mass is 16.5. The van der Waals surface area contributed by atoms with Gasteiger partial charge in [0.1, 0.15) is 0 Å². The van der Waals surface area contributed by atoms with Crippen LogP contribution in [0, 0.1) is 0 Å². The first-order valence-electron chi connectivity index (χ1n) is 3.32. The first-order valence-corrected chi connectivity index (χ1v) is 3.32. The molecule has 0 rings (SSSR count). The van der Waals surface area contributed by atoms with Crippen molar-refractivity contribution in [2.45, 2.75) is 13.8 Å². The van der Waals surface area contributed by atoms with Crippen LogP contribution in [0.1, 0.15) is 13.8 Å². The molecule has 0 fully saturated rings. The monoisotopic (exact) mass is 133 g/mol. The summed E-state index contributed by atoms with van der Waals surface area (Å²) < 4.78 is 5.00. The summed E-state index contributed by atoms with van der Waals surface area (Å²) in [6.07, 6.45) is 0. The summed E-state index contributed by atoms with van der Waals surface area (Å²) in [5, 5.41) is 10.1. The van der Waals surface area contributed by atoms with E-state index in [-0.39, 0.29) is 0 Å². The maximum atomic E-state index is 8.84. The molecule has 0 aromatic rings. The number of hydrogen-bond donors (Lipinski definition) is 1. The smallest absolute Gasteiger partial charge is 0.0616 e. The average Bonchev–Trinajstić information content (AvgIpc) is 1.89. The van der Waals surface area contributed by atoms with Gasteiger partial charge in [-0.3, -0.25) is 0 Å². The normalized spacial score (nSPS) is 10.7. The van der Waals surface area contributed by atoms with E-state index in [1.807, 2.05) is 13.8 Å². The summed E-state index contributed by atoms with van der Waals surface area (Å²) >= 11 is 0. The first-order chi connectivity index (χ1) is 4.31. The first kappa shape index (κ1) is 8.88. The topological polar surface area (TPSA) is 32.7 Å². The van der Waals surface area contributed by atoms with Gasteiger partial charge in [0.15, 0.2) is 0 Å². The van der Waals surface area contributed by atoms with Gasteiger partial charge in [-0.25, -0.2) is 0 Å². The number of hydrogen-bond acceptors (Lipinski definition) is 3. The molecule has 0 aliphatic heterocycles. The molecule has 3 heteroatoms. The summed E-state index contributed by atoms with van der Waals surface area (Å²) in [5.41, 5.74) is 0. The molecular formula is C6H15NO2. The summed E-state index contributed by atoms with van der Waals surface area (Å²) in [6.45, 7) is 6.43. The zero-order chi connectivity index (χ0) is 7.11. The molecular weight excluding hydrogens is 118 g/mol. The Bertz CT molecular complexity index is 59.0. The van der Waals surface area contributed by atoms with Crippen molar-refractivity contribution >= 4 is 0 Å². The van der Waals surface area contributed by atoms with Crippen LogP contribution in [0.4, 0.5) is 0 Å². The lowest BCUT2D eigenvalue weighted by atomic mass is 10.6. The molecule has 3 nitrogen and oxygen atoms in total. The number of rotatable bonds is 5. The molecule has 0 atom stereocenters. The fraction of sp³-hybridized carbons (Fsp3) is 1.00. The Morgan fingerprint density at radius 1 is 1.44 bits per heavy atom. The average molecular weight is 133 g/mol. The van der Waals surface area contributed by atoms with Crippen LogP contribution in [0.2, 0.25) is 0 Å². The largest absolute Gasteiger partial charge is 0.380 e. The molecule has 0 spiro atoms. The van der Waals surface area contributed by atoms with Gasteiger partial charge in [0.2, 0.25) is 0 Å². The summed E-state index contributed by atoms with van der Waals surface area (Å²) in [7, 11) is 0. The zero-order valence-corrected chi connectivity index (χ0v) is 6.13. The highest BCUT2D eigenvalue weighted by Crippen LogP contribution is 1.80. The molecule has 0 aliphatic rings. The van der Waals surface area contributed by atoms with E-state index in [1.165, 1.54) is 5.06 Å². The second-order valence-electron chi connectivity index (χ2n) is 1.74. The second kappa shape index (κ2) is 6.01. The molecule has 0 unspecified atom stereocenters. The van der Waals surface area contributed by atoms with Crippen molar-refractivity contribution in [3.8, 4) is 0 Å². The quantitative estimate of drug-likeness (QED) is 0.443. The van der Waals surface area contributed by atoms with E-state index in [9.17, 15) is 0 Å². The van der Waals surface area contributed by atoms with Gasteiger partial charge >= 0.3 is 0 Å². The Morgan fingerprint density at radius 2 is 2.11 bits per heavy atom. The number of ether oxygens (including phenoxy) is 1. The van der Waals surface area contributed by atoms with Crippen molar-refractivity contribution in [3.63, 3.8) is 0 Å². The Hall–Kier alpha value is -0.120. The summed E-state index contributed by atoms with van der Waals surface area (Å²) in [5.74, 6) is 0. The van der Waals surface area contributed by atoms with Gasteiger partial charge in [0.25, 0.3) is 0 Å². The van der Waals surface area contributed by atoms with Crippen LogP contribution < -0.4 is 0 Å². The molecule has 0 heterocycles.